The Morgan fingerprint density at radius 1 is 0.824 bits per heavy atom. The molecule has 0 aliphatic heterocycles. The van der Waals surface area contributed by atoms with Crippen LogP contribution in [0.3, 0.4) is 0 Å². The highest BCUT2D eigenvalue weighted by Crippen LogP contribution is 2.37. The summed E-state index contributed by atoms with van der Waals surface area (Å²) in [4.78, 5) is 13.4. The van der Waals surface area contributed by atoms with Gasteiger partial charge in [-0.05, 0) is 25.0 Å². The molecule has 0 radical (unpaired) electrons. The average molecular weight is 469 g/mol. The lowest BCUT2D eigenvalue weighted by atomic mass is 9.98. The predicted octanol–water partition coefficient (Wildman–Crippen LogP) is 7.05. The molecule has 0 aliphatic rings. The largest absolute Gasteiger partial charge is 0.508 e. The molecular weight excluding hydrogens is 432 g/mol. The summed E-state index contributed by atoms with van der Waals surface area (Å²) in [7, 11) is 1.46. The number of aromatic hydroxyl groups is 3. The molecule has 0 saturated heterocycles. The summed E-state index contributed by atoms with van der Waals surface area (Å²) in [6, 6.07) is 7.11. The monoisotopic (exact) mass is 468 g/mol. The van der Waals surface area contributed by atoms with Crippen LogP contribution in [0.15, 0.2) is 39.5 Å². The van der Waals surface area contributed by atoms with Gasteiger partial charge < -0.3 is 24.5 Å². The van der Waals surface area contributed by atoms with E-state index in [9.17, 15) is 20.1 Å². The Kier molecular flexibility index (Phi) is 9.25. The zero-order valence-electron chi connectivity index (χ0n) is 20.2. The molecule has 3 rings (SSSR count). The minimum Gasteiger partial charge on any atom is -0.508 e. The summed E-state index contributed by atoms with van der Waals surface area (Å²) >= 11 is 0. The molecule has 0 unspecified atom stereocenters. The molecule has 3 N–H and O–H groups in total. The zero-order valence-corrected chi connectivity index (χ0v) is 20.2. The molecule has 0 spiro atoms. The molecule has 0 amide bonds. The zero-order chi connectivity index (χ0) is 24.5. The van der Waals surface area contributed by atoms with Gasteiger partial charge in [0, 0.05) is 23.8 Å². The molecule has 1 aromatic heterocycles. The van der Waals surface area contributed by atoms with E-state index in [0.29, 0.717) is 23.3 Å². The lowest BCUT2D eigenvalue weighted by Crippen LogP contribution is -2.12. The molecule has 6 nitrogen and oxygen atoms in total. The summed E-state index contributed by atoms with van der Waals surface area (Å²) in [6.07, 6.45) is 12.3. The molecule has 0 aliphatic carbocycles. The van der Waals surface area contributed by atoms with Gasteiger partial charge in [0.05, 0.1) is 12.7 Å². The highest BCUT2D eigenvalue weighted by molar-refractivity contribution is 5.87. The maximum absolute atomic E-state index is 13.4. The van der Waals surface area contributed by atoms with E-state index in [0.717, 1.165) is 19.3 Å². The van der Waals surface area contributed by atoms with Crippen molar-refractivity contribution in [1.82, 2.24) is 0 Å². The minimum absolute atomic E-state index is 0.0834. The topological polar surface area (TPSA) is 100 Å². The molecule has 2 aromatic carbocycles. The molecule has 1 heterocycles. The van der Waals surface area contributed by atoms with E-state index in [2.05, 4.69) is 6.92 Å². The number of ether oxygens (including phenoxy) is 1. The van der Waals surface area contributed by atoms with Gasteiger partial charge in [-0.25, -0.2) is 0 Å². The fourth-order valence-corrected chi connectivity index (χ4v) is 4.37. The molecule has 34 heavy (non-hydrogen) atoms. The van der Waals surface area contributed by atoms with Gasteiger partial charge in [-0.1, -0.05) is 64.7 Å². The van der Waals surface area contributed by atoms with E-state index in [1.54, 1.807) is 6.07 Å². The second-order valence-electron chi connectivity index (χ2n) is 8.89. The first-order valence-electron chi connectivity index (χ1n) is 12.3. The lowest BCUT2D eigenvalue weighted by molar-refractivity contribution is 0.408. The van der Waals surface area contributed by atoms with Crippen LogP contribution in [-0.2, 0) is 6.42 Å². The Morgan fingerprint density at radius 2 is 1.47 bits per heavy atom. The summed E-state index contributed by atoms with van der Waals surface area (Å²) in [5.41, 5.74) is 0.589. The normalized spacial score (nSPS) is 11.2. The third-order valence-electron chi connectivity index (χ3n) is 6.28. The van der Waals surface area contributed by atoms with Crippen molar-refractivity contribution in [3.63, 3.8) is 0 Å². The number of rotatable bonds is 13. The van der Waals surface area contributed by atoms with E-state index in [-0.39, 0.29) is 39.4 Å². The van der Waals surface area contributed by atoms with E-state index < -0.39 is 0 Å². The first-order chi connectivity index (χ1) is 16.5. The molecule has 6 heteroatoms. The highest BCUT2D eigenvalue weighted by atomic mass is 16.5. The Labute approximate surface area is 200 Å². The smallest absolute Gasteiger partial charge is 0.200 e. The number of fused-ring (bicyclic) bond motifs is 1. The molecule has 184 valence electrons. The summed E-state index contributed by atoms with van der Waals surface area (Å²) in [6.45, 7) is 2.22. The van der Waals surface area contributed by atoms with Gasteiger partial charge in [-0.3, -0.25) is 4.79 Å². The van der Waals surface area contributed by atoms with Crippen LogP contribution in [0.1, 0.15) is 76.7 Å². The van der Waals surface area contributed by atoms with Gasteiger partial charge in [0.1, 0.15) is 39.7 Å². The van der Waals surface area contributed by atoms with Crippen LogP contribution >= 0.6 is 0 Å². The van der Waals surface area contributed by atoms with Crippen molar-refractivity contribution in [2.24, 2.45) is 0 Å². The quantitative estimate of drug-likeness (QED) is 0.232. The van der Waals surface area contributed by atoms with Gasteiger partial charge in [-0.15, -0.1) is 0 Å². The van der Waals surface area contributed by atoms with Crippen molar-refractivity contribution in [2.45, 2.75) is 77.6 Å². The van der Waals surface area contributed by atoms with E-state index in [1.165, 1.54) is 76.3 Å². The van der Waals surface area contributed by atoms with Crippen molar-refractivity contribution >= 4 is 11.0 Å². The van der Waals surface area contributed by atoms with Crippen LogP contribution in [0.25, 0.3) is 22.3 Å². The van der Waals surface area contributed by atoms with Crippen molar-refractivity contribution < 1.29 is 24.5 Å². The third kappa shape index (κ3) is 6.25. The Bertz CT molecular complexity index is 1150. The molecule has 3 aromatic rings. The van der Waals surface area contributed by atoms with Crippen LogP contribution in [-0.4, -0.2) is 22.4 Å². The number of methoxy groups -OCH3 is 1. The Balaban J connectivity index is 1.81. The highest BCUT2D eigenvalue weighted by Gasteiger charge is 2.21. The Hall–Kier alpha value is -3.15. The van der Waals surface area contributed by atoms with Crippen LogP contribution < -0.4 is 10.2 Å². The SMILES string of the molecule is CCCCCCCCCCCCc1c(-c2ccc(O)cc2O)oc2cc(OC)cc(O)c2c1=O. The van der Waals surface area contributed by atoms with E-state index in [4.69, 9.17) is 9.15 Å². The fraction of sp³-hybridized carbons (Fsp3) is 0.464. The number of hydrogen-bond acceptors (Lipinski definition) is 6. The van der Waals surface area contributed by atoms with Crippen LogP contribution in [0.4, 0.5) is 0 Å². The van der Waals surface area contributed by atoms with Gasteiger partial charge in [0.2, 0.25) is 0 Å². The van der Waals surface area contributed by atoms with Gasteiger partial charge >= 0.3 is 0 Å². The number of benzene rings is 2. The lowest BCUT2D eigenvalue weighted by Gasteiger charge is -2.13. The van der Waals surface area contributed by atoms with Gasteiger partial charge in [0.15, 0.2) is 5.43 Å². The molecule has 0 saturated carbocycles. The van der Waals surface area contributed by atoms with Crippen molar-refractivity contribution in [3.05, 3.63) is 46.1 Å². The van der Waals surface area contributed by atoms with Crippen molar-refractivity contribution in [2.75, 3.05) is 7.11 Å². The number of phenolic OH excluding ortho intramolecular Hbond substituents is 3. The maximum atomic E-state index is 13.4. The fourth-order valence-electron chi connectivity index (χ4n) is 4.37. The van der Waals surface area contributed by atoms with Crippen molar-refractivity contribution in [1.29, 1.82) is 0 Å². The summed E-state index contributed by atoms with van der Waals surface area (Å²) in [5.74, 6) is 0.142. The van der Waals surface area contributed by atoms with Gasteiger partial charge in [-0.2, -0.15) is 0 Å². The number of unbranched alkanes of at least 4 members (excludes halogenated alkanes) is 9. The average Bonchev–Trinajstić information content (AvgIpc) is 2.81. The van der Waals surface area contributed by atoms with Crippen LogP contribution in [0.5, 0.6) is 23.0 Å². The second kappa shape index (κ2) is 12.4. The molecule has 0 atom stereocenters. The van der Waals surface area contributed by atoms with Crippen LogP contribution in [0, 0.1) is 0 Å². The van der Waals surface area contributed by atoms with Crippen LogP contribution in [0.2, 0.25) is 0 Å². The van der Waals surface area contributed by atoms with Crippen molar-refractivity contribution in [3.8, 4) is 34.3 Å². The summed E-state index contributed by atoms with van der Waals surface area (Å²) in [5, 5.41) is 30.7. The molecular formula is C28H36O6. The molecule has 0 bridgehead atoms. The predicted molar refractivity (Wildman–Crippen MR) is 135 cm³/mol. The van der Waals surface area contributed by atoms with E-state index in [1.807, 2.05) is 0 Å². The summed E-state index contributed by atoms with van der Waals surface area (Å²) < 4.78 is 11.3. The first kappa shape index (κ1) is 25.5. The number of hydrogen-bond donors (Lipinski definition) is 3. The third-order valence-corrected chi connectivity index (χ3v) is 6.28. The standard InChI is InChI=1S/C28H36O6/c1-3-4-5-6-7-8-9-10-11-12-13-22-27(32)26-24(31)17-20(33-2)18-25(26)34-28(22)21-15-14-19(29)16-23(21)30/h14-18,29-31H,3-13H2,1-2H3. The Morgan fingerprint density at radius 3 is 2.09 bits per heavy atom. The number of phenols is 3. The first-order valence-corrected chi connectivity index (χ1v) is 12.3. The second-order valence-corrected chi connectivity index (χ2v) is 8.89. The van der Waals surface area contributed by atoms with Gasteiger partial charge in [0.25, 0.3) is 0 Å². The molecule has 0 fully saturated rings. The maximum Gasteiger partial charge on any atom is 0.200 e. The van der Waals surface area contributed by atoms with E-state index >= 15 is 0 Å². The minimum atomic E-state index is -0.320.